The summed E-state index contributed by atoms with van der Waals surface area (Å²) in [6, 6.07) is -0.169. The molecule has 2 aliphatic heterocycles. The van der Waals surface area contributed by atoms with E-state index in [0.29, 0.717) is 0 Å². The van der Waals surface area contributed by atoms with Gasteiger partial charge in [-0.3, -0.25) is 9.69 Å². The van der Waals surface area contributed by atoms with Crippen molar-refractivity contribution in [2.45, 2.75) is 30.8 Å². The Hall–Kier alpha value is -0.610. The molecule has 2 heterocycles. The molecular formula is C8H14N2O2. The molecule has 68 valence electrons. The number of nitrogens with two attached hydrogens (primary N) is 1. The van der Waals surface area contributed by atoms with Crippen LogP contribution in [0.5, 0.6) is 0 Å². The number of nitrogens with zero attached hydrogens (tertiary/aromatic N) is 1. The van der Waals surface area contributed by atoms with Gasteiger partial charge in [-0.1, -0.05) is 0 Å². The monoisotopic (exact) mass is 170 g/mol. The summed E-state index contributed by atoms with van der Waals surface area (Å²) in [6.07, 6.45) is 2.52. The van der Waals surface area contributed by atoms with Crippen molar-refractivity contribution in [3.05, 3.63) is 0 Å². The van der Waals surface area contributed by atoms with Crippen molar-refractivity contribution in [2.24, 2.45) is 5.73 Å². The van der Waals surface area contributed by atoms with Gasteiger partial charge in [-0.05, 0) is 25.8 Å². The molecule has 4 heteroatoms. The lowest BCUT2D eigenvalue weighted by molar-refractivity contribution is -0.148. The first kappa shape index (κ1) is 8.01. The Kier molecular flexibility index (Phi) is 1.63. The van der Waals surface area contributed by atoms with E-state index in [1.165, 1.54) is 0 Å². The minimum Gasteiger partial charge on any atom is -0.480 e. The zero-order chi connectivity index (χ0) is 8.77. The zero-order valence-electron chi connectivity index (χ0n) is 6.99. The van der Waals surface area contributed by atoms with Gasteiger partial charge >= 0.3 is 5.97 Å². The van der Waals surface area contributed by atoms with Gasteiger partial charge in [-0.2, -0.15) is 0 Å². The summed E-state index contributed by atoms with van der Waals surface area (Å²) in [5, 5.41) is 9.12. The SMILES string of the molecule is NC1CCN2CCCC12C(=O)O. The van der Waals surface area contributed by atoms with Gasteiger partial charge in [0.15, 0.2) is 0 Å². The van der Waals surface area contributed by atoms with E-state index in [1.807, 2.05) is 4.90 Å². The first-order valence-electron chi connectivity index (χ1n) is 4.42. The standard InChI is InChI=1S/C8H14N2O2/c9-6-2-5-10-4-1-3-8(6,10)7(11)12/h6H,1-5,9H2,(H,11,12). The Morgan fingerprint density at radius 2 is 2.33 bits per heavy atom. The first-order valence-corrected chi connectivity index (χ1v) is 4.42. The van der Waals surface area contributed by atoms with Gasteiger partial charge in [0.05, 0.1) is 0 Å². The van der Waals surface area contributed by atoms with Gasteiger partial charge in [0.2, 0.25) is 0 Å². The zero-order valence-corrected chi connectivity index (χ0v) is 6.99. The Morgan fingerprint density at radius 3 is 2.92 bits per heavy atom. The summed E-state index contributed by atoms with van der Waals surface area (Å²) in [7, 11) is 0. The summed E-state index contributed by atoms with van der Waals surface area (Å²) in [5.74, 6) is -0.731. The van der Waals surface area contributed by atoms with Crippen molar-refractivity contribution in [3.63, 3.8) is 0 Å². The molecule has 0 spiro atoms. The summed E-state index contributed by atoms with van der Waals surface area (Å²) >= 11 is 0. The number of hydrogen-bond donors (Lipinski definition) is 2. The van der Waals surface area contributed by atoms with Crippen molar-refractivity contribution < 1.29 is 9.90 Å². The van der Waals surface area contributed by atoms with Gasteiger partial charge in [-0.25, -0.2) is 0 Å². The first-order chi connectivity index (χ1) is 5.68. The smallest absolute Gasteiger partial charge is 0.325 e. The molecule has 0 aromatic carbocycles. The third kappa shape index (κ3) is 0.765. The molecule has 12 heavy (non-hydrogen) atoms. The molecule has 2 fully saturated rings. The summed E-state index contributed by atoms with van der Waals surface area (Å²) < 4.78 is 0. The Bertz CT molecular complexity index is 219. The maximum Gasteiger partial charge on any atom is 0.325 e. The van der Waals surface area contributed by atoms with E-state index in [9.17, 15) is 4.79 Å². The maximum atomic E-state index is 11.1. The summed E-state index contributed by atoms with van der Waals surface area (Å²) in [6.45, 7) is 1.76. The van der Waals surface area contributed by atoms with Crippen LogP contribution in [-0.4, -0.2) is 40.6 Å². The fourth-order valence-corrected chi connectivity index (χ4v) is 2.56. The topological polar surface area (TPSA) is 66.6 Å². The lowest BCUT2D eigenvalue weighted by atomic mass is 9.90. The largest absolute Gasteiger partial charge is 0.480 e. The van der Waals surface area contributed by atoms with E-state index in [1.54, 1.807) is 0 Å². The summed E-state index contributed by atoms with van der Waals surface area (Å²) in [4.78, 5) is 13.1. The molecule has 3 N–H and O–H groups in total. The van der Waals surface area contributed by atoms with Crippen molar-refractivity contribution >= 4 is 5.97 Å². The molecule has 0 amide bonds. The van der Waals surface area contributed by atoms with Gasteiger partial charge in [0.1, 0.15) is 5.54 Å². The molecule has 0 radical (unpaired) electrons. The van der Waals surface area contributed by atoms with Crippen molar-refractivity contribution in [2.75, 3.05) is 13.1 Å². The number of carboxylic acids is 1. The van der Waals surface area contributed by atoms with Gasteiger partial charge in [-0.15, -0.1) is 0 Å². The quantitative estimate of drug-likeness (QED) is 0.564. The second-order valence-electron chi connectivity index (χ2n) is 3.72. The van der Waals surface area contributed by atoms with Crippen LogP contribution in [0.3, 0.4) is 0 Å². The molecule has 2 aliphatic rings. The molecule has 0 saturated carbocycles. The Morgan fingerprint density at radius 1 is 1.58 bits per heavy atom. The highest BCUT2D eigenvalue weighted by molar-refractivity contribution is 5.81. The molecule has 0 aromatic heterocycles. The predicted molar refractivity (Wildman–Crippen MR) is 43.8 cm³/mol. The number of carbonyl (C=O) groups is 1. The number of rotatable bonds is 1. The lowest BCUT2D eigenvalue weighted by Crippen LogP contribution is -2.55. The van der Waals surface area contributed by atoms with E-state index in [-0.39, 0.29) is 6.04 Å². The molecular weight excluding hydrogens is 156 g/mol. The van der Waals surface area contributed by atoms with Crippen molar-refractivity contribution in [1.82, 2.24) is 4.90 Å². The second-order valence-corrected chi connectivity index (χ2v) is 3.72. The molecule has 0 aliphatic carbocycles. The molecule has 2 atom stereocenters. The minimum atomic E-state index is -0.731. The van der Waals surface area contributed by atoms with Crippen molar-refractivity contribution in [1.29, 1.82) is 0 Å². The minimum absolute atomic E-state index is 0.169. The molecule has 4 nitrogen and oxygen atoms in total. The summed E-state index contributed by atoms with van der Waals surface area (Å²) in [5.41, 5.74) is 5.12. The van der Waals surface area contributed by atoms with Crippen molar-refractivity contribution in [3.8, 4) is 0 Å². The van der Waals surface area contributed by atoms with E-state index < -0.39 is 11.5 Å². The Balaban J connectivity index is 2.33. The number of fused-ring (bicyclic) bond motifs is 1. The highest BCUT2D eigenvalue weighted by Gasteiger charge is 2.55. The van der Waals surface area contributed by atoms with Crippen LogP contribution >= 0.6 is 0 Å². The normalized spacial score (nSPS) is 41.6. The number of aliphatic carboxylic acids is 1. The third-order valence-corrected chi connectivity index (χ3v) is 3.24. The highest BCUT2D eigenvalue weighted by Crippen LogP contribution is 2.38. The second kappa shape index (κ2) is 2.44. The fourth-order valence-electron chi connectivity index (χ4n) is 2.56. The molecule has 0 bridgehead atoms. The fraction of sp³-hybridized carbons (Fsp3) is 0.875. The lowest BCUT2D eigenvalue weighted by Gasteiger charge is -2.30. The van der Waals surface area contributed by atoms with Crippen LogP contribution in [0.15, 0.2) is 0 Å². The third-order valence-electron chi connectivity index (χ3n) is 3.24. The Labute approximate surface area is 71.3 Å². The van der Waals surface area contributed by atoms with Gasteiger partial charge in [0, 0.05) is 12.6 Å². The van der Waals surface area contributed by atoms with Gasteiger partial charge < -0.3 is 10.8 Å². The van der Waals surface area contributed by atoms with E-state index >= 15 is 0 Å². The van der Waals surface area contributed by atoms with E-state index in [0.717, 1.165) is 32.4 Å². The molecule has 0 aromatic rings. The molecule has 2 unspecified atom stereocenters. The van der Waals surface area contributed by atoms with Crippen LogP contribution in [0.4, 0.5) is 0 Å². The molecule has 2 saturated heterocycles. The number of carboxylic acid groups (broad SMARTS) is 1. The molecule has 2 rings (SSSR count). The van der Waals surface area contributed by atoms with Gasteiger partial charge in [0.25, 0.3) is 0 Å². The average Bonchev–Trinajstić information content (AvgIpc) is 2.52. The average molecular weight is 170 g/mol. The van der Waals surface area contributed by atoms with Crippen LogP contribution in [0.1, 0.15) is 19.3 Å². The van der Waals surface area contributed by atoms with E-state index in [2.05, 4.69) is 0 Å². The predicted octanol–water partition coefficient (Wildman–Crippen LogP) is -0.363. The van der Waals surface area contributed by atoms with Crippen LogP contribution < -0.4 is 5.73 Å². The van der Waals surface area contributed by atoms with Crippen LogP contribution in [0, 0.1) is 0 Å². The maximum absolute atomic E-state index is 11.1. The number of hydrogen-bond acceptors (Lipinski definition) is 3. The van der Waals surface area contributed by atoms with Crippen LogP contribution in [-0.2, 0) is 4.79 Å². The van der Waals surface area contributed by atoms with Crippen LogP contribution in [0.2, 0.25) is 0 Å². The van der Waals surface area contributed by atoms with Crippen LogP contribution in [0.25, 0.3) is 0 Å². The highest BCUT2D eigenvalue weighted by atomic mass is 16.4. The van der Waals surface area contributed by atoms with E-state index in [4.69, 9.17) is 10.8 Å².